The lowest BCUT2D eigenvalue weighted by Gasteiger charge is -2.18. The summed E-state index contributed by atoms with van der Waals surface area (Å²) in [5.41, 5.74) is 0. The van der Waals surface area contributed by atoms with E-state index in [1.807, 2.05) is 0 Å². The molecule has 0 aliphatic carbocycles. The highest BCUT2D eigenvalue weighted by atomic mass is 16.6. The van der Waals surface area contributed by atoms with Crippen LogP contribution in [0, 0.1) is 0 Å². The smallest absolute Gasteiger partial charge is 0.306 e. The first kappa shape index (κ1) is 76.1. The number of rotatable bonds is 61. The van der Waals surface area contributed by atoms with Crippen molar-refractivity contribution < 1.29 is 28.6 Å². The lowest BCUT2D eigenvalue weighted by molar-refractivity contribution is -0.167. The van der Waals surface area contributed by atoms with Crippen LogP contribution in [0.3, 0.4) is 0 Å². The van der Waals surface area contributed by atoms with Gasteiger partial charge in [0.15, 0.2) is 6.10 Å². The van der Waals surface area contributed by atoms with Crippen molar-refractivity contribution in [2.24, 2.45) is 0 Å². The van der Waals surface area contributed by atoms with Crippen molar-refractivity contribution in [3.63, 3.8) is 0 Å². The lowest BCUT2D eigenvalue weighted by Crippen LogP contribution is -2.30. The second kappa shape index (κ2) is 67.6. The van der Waals surface area contributed by atoms with E-state index in [9.17, 15) is 14.4 Å². The van der Waals surface area contributed by atoms with E-state index in [-0.39, 0.29) is 31.1 Å². The van der Waals surface area contributed by atoms with E-state index in [1.54, 1.807) is 0 Å². The van der Waals surface area contributed by atoms with Gasteiger partial charge in [-0.05, 0) is 103 Å². The van der Waals surface area contributed by atoms with Crippen LogP contribution >= 0.6 is 0 Å². The van der Waals surface area contributed by atoms with Crippen LogP contribution in [0.5, 0.6) is 0 Å². The van der Waals surface area contributed by atoms with Gasteiger partial charge in [-0.3, -0.25) is 14.4 Å². The third-order valence-electron chi connectivity index (χ3n) is 14.5. The van der Waals surface area contributed by atoms with Crippen molar-refractivity contribution in [1.82, 2.24) is 0 Å². The average molecular weight is 1110 g/mol. The van der Waals surface area contributed by atoms with E-state index in [2.05, 4.69) is 130 Å². The normalized spacial score (nSPS) is 12.8. The molecule has 0 bridgehead atoms. The molecule has 0 N–H and O–H groups in total. The predicted molar refractivity (Wildman–Crippen MR) is 348 cm³/mol. The van der Waals surface area contributed by atoms with Crippen LogP contribution in [0.2, 0.25) is 0 Å². The van der Waals surface area contributed by atoms with Gasteiger partial charge in [0.25, 0.3) is 0 Å². The molecule has 0 aromatic carbocycles. The van der Waals surface area contributed by atoms with Gasteiger partial charge < -0.3 is 14.2 Å². The molecule has 0 saturated carbocycles. The summed E-state index contributed by atoms with van der Waals surface area (Å²) in [6.07, 6.45) is 92.5. The Bertz CT molecular complexity index is 1610. The predicted octanol–water partition coefficient (Wildman–Crippen LogP) is 23.4. The van der Waals surface area contributed by atoms with E-state index in [1.165, 1.54) is 154 Å². The van der Waals surface area contributed by atoms with E-state index in [0.29, 0.717) is 19.3 Å². The Balaban J connectivity index is 4.38. The summed E-state index contributed by atoms with van der Waals surface area (Å²) >= 11 is 0. The second-order valence-corrected chi connectivity index (χ2v) is 22.3. The van der Waals surface area contributed by atoms with E-state index < -0.39 is 6.10 Å². The number of carbonyl (C=O) groups excluding carboxylic acids is 3. The average Bonchev–Trinajstić information content (AvgIpc) is 3.46. The van der Waals surface area contributed by atoms with Gasteiger partial charge in [0, 0.05) is 19.3 Å². The Kier molecular flexibility index (Phi) is 64.3. The molecular weight excluding hydrogens is 985 g/mol. The molecule has 6 nitrogen and oxygen atoms in total. The maximum atomic E-state index is 12.9. The highest BCUT2D eigenvalue weighted by Crippen LogP contribution is 2.17. The summed E-state index contributed by atoms with van der Waals surface area (Å²) in [5, 5.41) is 0. The Morgan fingerprint density at radius 2 is 0.487 bits per heavy atom. The van der Waals surface area contributed by atoms with Gasteiger partial charge in [-0.1, -0.05) is 310 Å². The first-order valence-corrected chi connectivity index (χ1v) is 33.9. The summed E-state index contributed by atoms with van der Waals surface area (Å²) in [7, 11) is 0. The molecule has 0 spiro atoms. The minimum absolute atomic E-state index is 0.0945. The van der Waals surface area contributed by atoms with Gasteiger partial charge in [0.1, 0.15) is 13.2 Å². The van der Waals surface area contributed by atoms with Crippen molar-refractivity contribution in [3.05, 3.63) is 109 Å². The number of esters is 3. The fourth-order valence-corrected chi connectivity index (χ4v) is 9.52. The molecule has 1 unspecified atom stereocenters. The zero-order valence-corrected chi connectivity index (χ0v) is 52.6. The molecule has 80 heavy (non-hydrogen) atoms. The summed E-state index contributed by atoms with van der Waals surface area (Å²) < 4.78 is 16.9. The molecule has 0 rings (SSSR count). The first-order valence-electron chi connectivity index (χ1n) is 33.9. The first-order chi connectivity index (χ1) is 39.5. The second-order valence-electron chi connectivity index (χ2n) is 22.3. The zero-order chi connectivity index (χ0) is 57.8. The monoisotopic (exact) mass is 1110 g/mol. The summed E-state index contributed by atoms with van der Waals surface area (Å²) in [6, 6.07) is 0. The Hall–Kier alpha value is -3.93. The fraction of sp³-hybridized carbons (Fsp3) is 0.716. The summed E-state index contributed by atoms with van der Waals surface area (Å²) in [4.78, 5) is 38.4. The highest BCUT2D eigenvalue weighted by molar-refractivity contribution is 5.71. The molecule has 0 aromatic heterocycles. The Labute approximate surface area is 495 Å². The number of ether oxygens (including phenoxy) is 3. The van der Waals surface area contributed by atoms with E-state index >= 15 is 0 Å². The number of carbonyl (C=O) groups is 3. The highest BCUT2D eigenvalue weighted by Gasteiger charge is 2.19. The van der Waals surface area contributed by atoms with Crippen LogP contribution in [0.1, 0.15) is 323 Å². The van der Waals surface area contributed by atoms with Crippen LogP contribution in [-0.2, 0) is 28.6 Å². The topological polar surface area (TPSA) is 78.9 Å². The molecule has 0 aromatic rings. The largest absolute Gasteiger partial charge is 0.462 e. The van der Waals surface area contributed by atoms with Crippen LogP contribution in [0.25, 0.3) is 0 Å². The van der Waals surface area contributed by atoms with Gasteiger partial charge >= 0.3 is 17.9 Å². The van der Waals surface area contributed by atoms with Crippen LogP contribution in [0.15, 0.2) is 109 Å². The molecule has 1 atom stereocenters. The van der Waals surface area contributed by atoms with Crippen molar-refractivity contribution in [2.75, 3.05) is 13.2 Å². The third kappa shape index (κ3) is 64.9. The number of allylic oxidation sites excluding steroid dienone is 18. The van der Waals surface area contributed by atoms with Crippen LogP contribution in [-0.4, -0.2) is 37.2 Å². The fourth-order valence-electron chi connectivity index (χ4n) is 9.52. The molecule has 0 radical (unpaired) electrons. The Morgan fingerprint density at radius 1 is 0.263 bits per heavy atom. The summed E-state index contributed by atoms with van der Waals surface area (Å²) in [6.45, 7) is 6.41. The van der Waals surface area contributed by atoms with Gasteiger partial charge in [-0.15, -0.1) is 0 Å². The molecule has 0 saturated heterocycles. The maximum absolute atomic E-state index is 12.9. The molecular formula is C74H126O6. The molecule has 458 valence electrons. The van der Waals surface area contributed by atoms with Gasteiger partial charge in [-0.25, -0.2) is 0 Å². The molecule has 0 aliphatic heterocycles. The zero-order valence-electron chi connectivity index (χ0n) is 52.6. The quantitative estimate of drug-likeness (QED) is 0.0261. The van der Waals surface area contributed by atoms with Gasteiger partial charge in [-0.2, -0.15) is 0 Å². The maximum Gasteiger partial charge on any atom is 0.306 e. The molecule has 0 fully saturated rings. The van der Waals surface area contributed by atoms with Crippen molar-refractivity contribution in [3.8, 4) is 0 Å². The van der Waals surface area contributed by atoms with Crippen molar-refractivity contribution >= 4 is 17.9 Å². The standard InChI is InChI=1S/C74H126O6/c1-4-7-10-13-16-19-22-25-28-30-32-34-36-38-39-41-43-46-49-52-55-58-61-64-67-73(76)79-70-71(69-78-72(75)66-63-60-57-54-51-48-45-27-24-21-18-15-12-9-6-3)80-74(77)68-65-62-59-56-53-50-47-44-42-40-37-35-33-31-29-26-23-20-17-14-11-8-5-2/h8-9,11-12,17-18,20-21,26-27,29,33,35,40,42,45,51,54,71H,4-7,10,13-16,19,22-25,28,30-32,34,36-39,41,43-44,46-50,52-53,55-70H2,1-3H3/b11-8-,12-9-,20-17-,21-18-,29-26-,35-33-,42-40-,45-27-,54-51-. The lowest BCUT2D eigenvalue weighted by atomic mass is 10.0. The van der Waals surface area contributed by atoms with Gasteiger partial charge in [0.2, 0.25) is 0 Å². The molecule has 0 aliphatic rings. The number of hydrogen-bond acceptors (Lipinski definition) is 6. The molecule has 0 amide bonds. The SMILES string of the molecule is CC/C=C\C/C=C\C/C=C\C/C=C\C/C=C\CCCCCCCCCC(=O)OC(COC(=O)CCCC/C=C\C/C=C\C/C=C\C/C=C\CC)COC(=O)CCCCCCCCCCCCCCCCCCCCCCCCCC. The molecule has 0 heterocycles. The third-order valence-corrected chi connectivity index (χ3v) is 14.5. The van der Waals surface area contributed by atoms with E-state index in [4.69, 9.17) is 14.2 Å². The van der Waals surface area contributed by atoms with Crippen LogP contribution in [0.4, 0.5) is 0 Å². The minimum atomic E-state index is -0.804. The number of unbranched alkanes of at least 4 members (excludes halogenated alkanes) is 32. The number of hydrogen-bond donors (Lipinski definition) is 0. The van der Waals surface area contributed by atoms with Gasteiger partial charge in [0.05, 0.1) is 0 Å². The van der Waals surface area contributed by atoms with Crippen LogP contribution < -0.4 is 0 Å². The Morgan fingerprint density at radius 3 is 0.787 bits per heavy atom. The molecule has 6 heteroatoms. The van der Waals surface area contributed by atoms with Crippen molar-refractivity contribution in [1.29, 1.82) is 0 Å². The summed E-state index contributed by atoms with van der Waals surface area (Å²) in [5.74, 6) is -0.937. The van der Waals surface area contributed by atoms with Crippen molar-refractivity contribution in [2.45, 2.75) is 329 Å². The minimum Gasteiger partial charge on any atom is -0.462 e. The van der Waals surface area contributed by atoms with E-state index in [0.717, 1.165) is 128 Å².